The fourth-order valence-corrected chi connectivity index (χ4v) is 7.07. The third-order valence-corrected chi connectivity index (χ3v) is 9.26. The van der Waals surface area contributed by atoms with Crippen LogP contribution in [0.5, 0.6) is 0 Å². The first-order chi connectivity index (χ1) is 31.3. The second-order valence-corrected chi connectivity index (χ2v) is 11.8. The van der Waals surface area contributed by atoms with Crippen molar-refractivity contribution in [3.63, 3.8) is 0 Å². The summed E-state index contributed by atoms with van der Waals surface area (Å²) in [5.74, 6) is 0. The van der Waals surface area contributed by atoms with Crippen LogP contribution in [-0.4, -0.2) is 0 Å². The van der Waals surface area contributed by atoms with E-state index in [1.807, 2.05) is 24.3 Å². The van der Waals surface area contributed by atoms with Crippen molar-refractivity contribution < 1.29 is 24.7 Å². The van der Waals surface area contributed by atoms with Gasteiger partial charge in [-0.05, 0) is 121 Å². The third-order valence-electron chi connectivity index (χ3n) is 9.26. The highest BCUT2D eigenvalue weighted by Gasteiger charge is 2.16. The smallest absolute Gasteiger partial charge is 0.0616 e. The number of hydrogen-bond acceptors (Lipinski definition) is 0. The van der Waals surface area contributed by atoms with Crippen molar-refractivity contribution in [1.29, 1.82) is 0 Å². The molecule has 0 fully saturated rings. The van der Waals surface area contributed by atoms with E-state index in [0.717, 1.165) is 5.39 Å². The van der Waals surface area contributed by atoms with E-state index >= 15 is 0 Å². The molecule has 11 rings (SSSR count). The van der Waals surface area contributed by atoms with Gasteiger partial charge in [-0.3, -0.25) is 0 Å². The van der Waals surface area contributed by atoms with Crippen molar-refractivity contribution >= 4 is 75.4 Å². The summed E-state index contributed by atoms with van der Waals surface area (Å²) >= 11 is 0. The first-order valence-corrected chi connectivity index (χ1v) is 15.3. The Bertz CT molecular complexity index is 4020. The van der Waals surface area contributed by atoms with Gasteiger partial charge in [-0.1, -0.05) is 157 Å². The standard InChI is InChI=1S/C48H28/c1-2-10-39-37(5-1)27-38(41-24-20-36-18-16-32-7-4-9-34-22-26-43(41)48(36)46(32)34)28-44(39)30-13-11-29(12-14-30)40-23-19-35-17-15-31-6-3-8-33-21-25-42(40)47(35)45(31)33/h1-28H/i3D,4D,6D,7D,8D,9D,15D,16D,17D,18D,19D,20D,21D,22D,23D,24D,25D,26D. The van der Waals surface area contributed by atoms with Gasteiger partial charge < -0.3 is 0 Å². The monoisotopic (exact) mass is 622 g/mol. The Morgan fingerprint density at radius 1 is 0.292 bits per heavy atom. The van der Waals surface area contributed by atoms with Crippen LogP contribution in [0, 0.1) is 0 Å². The van der Waals surface area contributed by atoms with Crippen LogP contribution in [0.25, 0.3) is 109 Å². The van der Waals surface area contributed by atoms with Gasteiger partial charge in [0.15, 0.2) is 0 Å². The summed E-state index contributed by atoms with van der Waals surface area (Å²) in [6, 6.07) is 9.50. The van der Waals surface area contributed by atoms with Crippen molar-refractivity contribution in [1.82, 2.24) is 0 Å². The van der Waals surface area contributed by atoms with Gasteiger partial charge in [-0.15, -0.1) is 0 Å². The molecule has 0 saturated heterocycles. The molecule has 0 aliphatic carbocycles. The van der Waals surface area contributed by atoms with Gasteiger partial charge in [0, 0.05) is 0 Å². The van der Waals surface area contributed by atoms with Crippen LogP contribution in [-0.2, 0) is 0 Å². The second-order valence-electron chi connectivity index (χ2n) is 11.8. The summed E-state index contributed by atoms with van der Waals surface area (Å²) < 4.78 is 161. The van der Waals surface area contributed by atoms with Crippen molar-refractivity contribution in [3.05, 3.63) is 169 Å². The maximum atomic E-state index is 9.39. The lowest BCUT2D eigenvalue weighted by atomic mass is 9.87. The molecule has 0 aromatic heterocycles. The summed E-state index contributed by atoms with van der Waals surface area (Å²) in [5.41, 5.74) is 2.13. The van der Waals surface area contributed by atoms with Crippen LogP contribution in [0.2, 0.25) is 0 Å². The lowest BCUT2D eigenvalue weighted by Crippen LogP contribution is -1.90. The molecule has 0 bridgehead atoms. The van der Waals surface area contributed by atoms with Gasteiger partial charge in [0.1, 0.15) is 0 Å². The van der Waals surface area contributed by atoms with Crippen LogP contribution < -0.4 is 0 Å². The van der Waals surface area contributed by atoms with E-state index in [4.69, 9.17) is 17.8 Å². The van der Waals surface area contributed by atoms with Crippen molar-refractivity contribution in [2.75, 3.05) is 0 Å². The number of fused-ring (bicyclic) bond motifs is 1. The number of rotatable bonds is 3. The highest BCUT2D eigenvalue weighted by Crippen LogP contribution is 2.43. The van der Waals surface area contributed by atoms with Gasteiger partial charge in [-0.25, -0.2) is 0 Å². The molecule has 0 nitrogen and oxygen atoms in total. The molecule has 0 unspecified atom stereocenters. The zero-order valence-electron chi connectivity index (χ0n) is 42.8. The first kappa shape index (κ1) is 14.3. The molecule has 0 amide bonds. The lowest BCUT2D eigenvalue weighted by molar-refractivity contribution is 1.62. The predicted molar refractivity (Wildman–Crippen MR) is 208 cm³/mol. The molecule has 0 aliphatic heterocycles. The Kier molecular flexibility index (Phi) is 2.86. The fraction of sp³-hybridized carbons (Fsp3) is 0. The molecule has 11 aromatic carbocycles. The van der Waals surface area contributed by atoms with Gasteiger partial charge in [0.25, 0.3) is 0 Å². The van der Waals surface area contributed by atoms with Gasteiger partial charge in [-0.2, -0.15) is 0 Å². The highest BCUT2D eigenvalue weighted by atomic mass is 14.2. The topological polar surface area (TPSA) is 0 Å². The fourth-order valence-electron chi connectivity index (χ4n) is 7.07. The SMILES string of the molecule is [2H]c1c([2H])c2c([2H])c([2H])c3c([2H])c([2H])c(-c4ccc(-c5cc(-c6c([2H])c([2H])c7c([2H])c([2H])c8c([2H])c([2H])c([2H])c9c([2H])c([2H])c6c7c89)cc6ccccc56)cc4)c4c([2H])c([2H])c(c1[2H])c2c34. The van der Waals surface area contributed by atoms with E-state index in [2.05, 4.69) is 0 Å². The molecule has 11 aromatic rings. The molecule has 0 atom stereocenters. The largest absolute Gasteiger partial charge is 0.0630 e. The van der Waals surface area contributed by atoms with Crippen LogP contribution in [0.15, 0.2) is 169 Å². The molecule has 0 N–H and O–H groups in total. The minimum absolute atomic E-state index is 0.0284. The molecule has 0 aliphatic rings. The van der Waals surface area contributed by atoms with E-state index < -0.39 is 96.7 Å². The minimum atomic E-state index is -0.558. The average molecular weight is 623 g/mol. The Hall–Kier alpha value is -6.24. The lowest BCUT2D eigenvalue weighted by Gasteiger charge is -2.16. The van der Waals surface area contributed by atoms with Crippen LogP contribution in [0.3, 0.4) is 0 Å². The third kappa shape index (κ3) is 3.60. The summed E-state index contributed by atoms with van der Waals surface area (Å²) in [6.07, 6.45) is 0. The van der Waals surface area contributed by atoms with Crippen LogP contribution >= 0.6 is 0 Å². The van der Waals surface area contributed by atoms with Crippen LogP contribution in [0.1, 0.15) is 24.7 Å². The van der Waals surface area contributed by atoms with Gasteiger partial charge in [0.2, 0.25) is 0 Å². The predicted octanol–water partition coefficient (Wildman–Crippen LogP) is 13.6. The zero-order valence-corrected chi connectivity index (χ0v) is 24.8. The molecule has 0 heterocycles. The van der Waals surface area contributed by atoms with Crippen LogP contribution in [0.4, 0.5) is 0 Å². The maximum Gasteiger partial charge on any atom is 0.0630 e. The molecule has 0 spiro atoms. The summed E-state index contributed by atoms with van der Waals surface area (Å²) in [5, 5.41) is 0.939. The highest BCUT2D eigenvalue weighted by molar-refractivity contribution is 6.27. The average Bonchev–Trinajstić information content (AvgIpc) is 3.30. The Balaban J connectivity index is 1.18. The zero-order chi connectivity index (χ0) is 47.0. The van der Waals surface area contributed by atoms with E-state index in [1.54, 1.807) is 36.4 Å². The molecular formula is C48H28. The Labute approximate surface area is 303 Å². The van der Waals surface area contributed by atoms with E-state index in [0.29, 0.717) is 27.6 Å². The molecule has 48 heavy (non-hydrogen) atoms. The molecule has 0 heteroatoms. The number of benzene rings is 11. The van der Waals surface area contributed by atoms with E-state index in [-0.39, 0.29) is 87.8 Å². The van der Waals surface area contributed by atoms with Gasteiger partial charge >= 0.3 is 0 Å². The van der Waals surface area contributed by atoms with Gasteiger partial charge in [0.05, 0.1) is 24.7 Å². The molecular weight excluding hydrogens is 577 g/mol. The van der Waals surface area contributed by atoms with E-state index in [1.165, 1.54) is 0 Å². The minimum Gasteiger partial charge on any atom is -0.0616 e. The van der Waals surface area contributed by atoms with Crippen molar-refractivity contribution in [3.8, 4) is 33.4 Å². The normalized spacial score (nSPS) is 17.4. The maximum absolute atomic E-state index is 9.39. The summed E-state index contributed by atoms with van der Waals surface area (Å²) in [7, 11) is 0. The molecule has 220 valence electrons. The molecule has 0 radical (unpaired) electrons. The molecule has 0 saturated carbocycles. The van der Waals surface area contributed by atoms with Crippen molar-refractivity contribution in [2.45, 2.75) is 0 Å². The quantitative estimate of drug-likeness (QED) is 0.172. The first-order valence-electron chi connectivity index (χ1n) is 24.3. The Morgan fingerprint density at radius 3 is 1.29 bits per heavy atom. The van der Waals surface area contributed by atoms with Crippen molar-refractivity contribution in [2.24, 2.45) is 0 Å². The summed E-state index contributed by atoms with van der Waals surface area (Å²) in [6.45, 7) is 0. The second kappa shape index (κ2) is 9.64. The Morgan fingerprint density at radius 2 is 0.729 bits per heavy atom. The van der Waals surface area contributed by atoms with E-state index in [9.17, 15) is 6.85 Å². The summed E-state index contributed by atoms with van der Waals surface area (Å²) in [4.78, 5) is 0. The number of hydrogen-bond donors (Lipinski definition) is 0.